The van der Waals surface area contributed by atoms with Gasteiger partial charge in [0.15, 0.2) is 0 Å². The maximum Gasteiger partial charge on any atom is 0.126 e. The Kier molecular flexibility index (Phi) is 3.06. The molecule has 1 aromatic rings. The number of hydrogen-bond donors (Lipinski definition) is 0. The Bertz CT molecular complexity index is 458. The smallest absolute Gasteiger partial charge is 0.126 e. The van der Waals surface area contributed by atoms with E-state index >= 15 is 0 Å². The van der Waals surface area contributed by atoms with E-state index in [1.54, 1.807) is 13.0 Å². The molecule has 1 aliphatic carbocycles. The highest BCUT2D eigenvalue weighted by Crippen LogP contribution is 2.41. The van der Waals surface area contributed by atoms with E-state index in [1.165, 1.54) is 6.07 Å². The van der Waals surface area contributed by atoms with Gasteiger partial charge in [-0.2, -0.15) is 5.26 Å². The third-order valence-corrected chi connectivity index (χ3v) is 3.67. The Morgan fingerprint density at radius 2 is 2.18 bits per heavy atom. The first kappa shape index (κ1) is 11.9. The lowest BCUT2D eigenvalue weighted by atomic mass is 9.69. The van der Waals surface area contributed by atoms with Crippen molar-refractivity contribution >= 4 is 5.69 Å². The molecule has 0 N–H and O–H groups in total. The van der Waals surface area contributed by atoms with Gasteiger partial charge in [-0.15, -0.1) is 0 Å². The zero-order valence-corrected chi connectivity index (χ0v) is 10.3. The topological polar surface area (TPSA) is 27.0 Å². The van der Waals surface area contributed by atoms with E-state index in [4.69, 9.17) is 0 Å². The molecule has 0 spiro atoms. The molecule has 0 heterocycles. The van der Waals surface area contributed by atoms with Gasteiger partial charge in [0.25, 0.3) is 0 Å². The fraction of sp³-hybridized carbons (Fsp3) is 0.500. The van der Waals surface area contributed by atoms with Crippen LogP contribution in [0.15, 0.2) is 18.2 Å². The third-order valence-electron chi connectivity index (χ3n) is 3.67. The standard InChI is InChI=1S/C14H17FN2/c1-11-8-12(4-5-13(11)15)17(2)10-14(9-16)6-3-7-14/h4-5,8H,3,6-7,10H2,1-2H3. The highest BCUT2D eigenvalue weighted by Gasteiger charge is 2.38. The van der Waals surface area contributed by atoms with E-state index in [0.717, 1.165) is 31.5 Å². The summed E-state index contributed by atoms with van der Waals surface area (Å²) in [5, 5.41) is 9.19. The van der Waals surface area contributed by atoms with Crippen molar-refractivity contribution in [2.75, 3.05) is 18.5 Å². The molecule has 1 saturated carbocycles. The normalized spacial score (nSPS) is 17.1. The highest BCUT2D eigenvalue weighted by molar-refractivity contribution is 5.48. The molecule has 0 bridgehead atoms. The van der Waals surface area contributed by atoms with E-state index in [0.29, 0.717) is 5.56 Å². The molecule has 0 unspecified atom stereocenters. The van der Waals surface area contributed by atoms with E-state index in [-0.39, 0.29) is 11.2 Å². The number of benzene rings is 1. The lowest BCUT2D eigenvalue weighted by Gasteiger charge is -2.39. The average molecular weight is 232 g/mol. The van der Waals surface area contributed by atoms with Crippen molar-refractivity contribution in [3.05, 3.63) is 29.6 Å². The Morgan fingerprint density at radius 3 is 2.65 bits per heavy atom. The van der Waals surface area contributed by atoms with E-state index < -0.39 is 0 Å². The molecule has 0 radical (unpaired) electrons. The zero-order chi connectivity index (χ0) is 12.5. The van der Waals surface area contributed by atoms with Crippen LogP contribution in [0, 0.1) is 29.5 Å². The van der Waals surface area contributed by atoms with Crippen LogP contribution in [-0.2, 0) is 0 Å². The predicted molar refractivity (Wildman–Crippen MR) is 66.3 cm³/mol. The number of rotatable bonds is 3. The SMILES string of the molecule is Cc1cc(N(C)CC2(C#N)CCC2)ccc1F. The van der Waals surface area contributed by atoms with Crippen molar-refractivity contribution in [2.45, 2.75) is 26.2 Å². The minimum absolute atomic E-state index is 0.180. The van der Waals surface area contributed by atoms with Crippen molar-refractivity contribution in [3.8, 4) is 6.07 Å². The average Bonchev–Trinajstić information content (AvgIpc) is 2.27. The lowest BCUT2D eigenvalue weighted by Crippen LogP contribution is -2.39. The summed E-state index contributed by atoms with van der Waals surface area (Å²) in [5.41, 5.74) is 1.44. The first-order valence-corrected chi connectivity index (χ1v) is 5.95. The summed E-state index contributed by atoms with van der Waals surface area (Å²) in [4.78, 5) is 2.05. The molecule has 1 fully saturated rings. The molecule has 0 amide bonds. The number of aryl methyl sites for hydroxylation is 1. The largest absolute Gasteiger partial charge is 0.373 e. The lowest BCUT2D eigenvalue weighted by molar-refractivity contribution is 0.223. The van der Waals surface area contributed by atoms with Crippen LogP contribution < -0.4 is 4.90 Å². The van der Waals surface area contributed by atoms with Gasteiger partial charge < -0.3 is 4.90 Å². The Hall–Kier alpha value is -1.56. The van der Waals surface area contributed by atoms with Crippen LogP contribution in [0.5, 0.6) is 0 Å². The fourth-order valence-electron chi connectivity index (χ4n) is 2.32. The second kappa shape index (κ2) is 4.37. The summed E-state index contributed by atoms with van der Waals surface area (Å²) in [5.74, 6) is -0.180. The molecule has 0 aliphatic heterocycles. The molecule has 90 valence electrons. The van der Waals surface area contributed by atoms with E-state index in [2.05, 4.69) is 11.0 Å². The molecule has 0 saturated heterocycles. The first-order chi connectivity index (χ1) is 8.06. The van der Waals surface area contributed by atoms with Crippen molar-refractivity contribution < 1.29 is 4.39 Å². The van der Waals surface area contributed by atoms with Crippen molar-refractivity contribution in [3.63, 3.8) is 0 Å². The molecule has 17 heavy (non-hydrogen) atoms. The number of halogens is 1. The summed E-state index contributed by atoms with van der Waals surface area (Å²) in [6, 6.07) is 7.52. The summed E-state index contributed by atoms with van der Waals surface area (Å²) in [7, 11) is 1.96. The Balaban J connectivity index is 2.12. The van der Waals surface area contributed by atoms with Gasteiger partial charge in [-0.1, -0.05) is 6.42 Å². The second-order valence-corrected chi connectivity index (χ2v) is 5.04. The van der Waals surface area contributed by atoms with Crippen molar-refractivity contribution in [1.29, 1.82) is 5.26 Å². The van der Waals surface area contributed by atoms with Crippen LogP contribution in [0.1, 0.15) is 24.8 Å². The van der Waals surface area contributed by atoms with Crippen LogP contribution in [0.4, 0.5) is 10.1 Å². The van der Waals surface area contributed by atoms with E-state index in [9.17, 15) is 9.65 Å². The summed E-state index contributed by atoms with van der Waals surface area (Å²) >= 11 is 0. The monoisotopic (exact) mass is 232 g/mol. The van der Waals surface area contributed by atoms with Gasteiger partial charge in [0.1, 0.15) is 5.82 Å². The zero-order valence-electron chi connectivity index (χ0n) is 10.3. The number of hydrogen-bond acceptors (Lipinski definition) is 2. The summed E-state index contributed by atoms with van der Waals surface area (Å²) in [6.45, 7) is 2.49. The third kappa shape index (κ3) is 2.26. The fourth-order valence-corrected chi connectivity index (χ4v) is 2.32. The number of nitrogens with zero attached hydrogens (tertiary/aromatic N) is 2. The van der Waals surface area contributed by atoms with Crippen LogP contribution in [-0.4, -0.2) is 13.6 Å². The van der Waals surface area contributed by atoms with Gasteiger partial charge in [0, 0.05) is 19.3 Å². The molecule has 0 atom stereocenters. The molecule has 0 aromatic heterocycles. The van der Waals surface area contributed by atoms with Crippen LogP contribution in [0.3, 0.4) is 0 Å². The molecule has 3 heteroatoms. The van der Waals surface area contributed by atoms with Gasteiger partial charge in [-0.25, -0.2) is 4.39 Å². The molecular formula is C14H17FN2. The van der Waals surface area contributed by atoms with Crippen molar-refractivity contribution in [1.82, 2.24) is 0 Å². The maximum atomic E-state index is 13.2. The van der Waals surface area contributed by atoms with Gasteiger partial charge in [0.2, 0.25) is 0 Å². The molecule has 2 nitrogen and oxygen atoms in total. The first-order valence-electron chi connectivity index (χ1n) is 5.95. The van der Waals surface area contributed by atoms with Gasteiger partial charge >= 0.3 is 0 Å². The predicted octanol–water partition coefficient (Wildman–Crippen LogP) is 3.26. The maximum absolute atomic E-state index is 13.2. The number of anilines is 1. The summed E-state index contributed by atoms with van der Waals surface area (Å²) < 4.78 is 13.2. The summed E-state index contributed by atoms with van der Waals surface area (Å²) in [6.07, 6.45) is 3.10. The Labute approximate surface area is 102 Å². The van der Waals surface area contributed by atoms with Gasteiger partial charge in [-0.05, 0) is 43.5 Å². The van der Waals surface area contributed by atoms with Crippen LogP contribution in [0.25, 0.3) is 0 Å². The van der Waals surface area contributed by atoms with Crippen molar-refractivity contribution in [2.24, 2.45) is 5.41 Å². The highest BCUT2D eigenvalue weighted by atomic mass is 19.1. The Morgan fingerprint density at radius 1 is 1.47 bits per heavy atom. The molecule has 1 aliphatic rings. The molecule has 1 aromatic carbocycles. The molecule has 2 rings (SSSR count). The molecular weight excluding hydrogens is 215 g/mol. The van der Waals surface area contributed by atoms with Gasteiger partial charge in [-0.3, -0.25) is 0 Å². The van der Waals surface area contributed by atoms with Crippen LogP contribution in [0.2, 0.25) is 0 Å². The van der Waals surface area contributed by atoms with Gasteiger partial charge in [0.05, 0.1) is 11.5 Å². The minimum Gasteiger partial charge on any atom is -0.373 e. The number of nitriles is 1. The van der Waals surface area contributed by atoms with Crippen LogP contribution >= 0.6 is 0 Å². The minimum atomic E-state index is -0.183. The quantitative estimate of drug-likeness (QED) is 0.799. The second-order valence-electron chi connectivity index (χ2n) is 5.04. The van der Waals surface area contributed by atoms with E-state index in [1.807, 2.05) is 13.1 Å².